The number of furan rings is 1. The lowest BCUT2D eigenvalue weighted by atomic mass is 10.1. The van der Waals surface area contributed by atoms with Crippen LogP contribution in [-0.2, 0) is 6.54 Å². The van der Waals surface area contributed by atoms with Crippen LogP contribution in [0.5, 0.6) is 0 Å². The fourth-order valence-electron chi connectivity index (χ4n) is 3.31. The van der Waals surface area contributed by atoms with Crippen LogP contribution in [0.3, 0.4) is 0 Å². The molecule has 25 heavy (non-hydrogen) atoms. The average Bonchev–Trinajstić information content (AvgIpc) is 2.94. The first-order valence-corrected chi connectivity index (χ1v) is 9.02. The van der Waals surface area contributed by atoms with Gasteiger partial charge in [0.1, 0.15) is 17.2 Å². The van der Waals surface area contributed by atoms with Crippen molar-refractivity contribution in [1.29, 1.82) is 0 Å². The van der Waals surface area contributed by atoms with Gasteiger partial charge in [0.15, 0.2) is 5.96 Å². The highest BCUT2D eigenvalue weighted by molar-refractivity contribution is 5.83. The van der Waals surface area contributed by atoms with E-state index in [4.69, 9.17) is 4.42 Å². The van der Waals surface area contributed by atoms with Gasteiger partial charge in [-0.05, 0) is 51.1 Å². The molecule has 1 fully saturated rings. The Morgan fingerprint density at radius 3 is 2.80 bits per heavy atom. The van der Waals surface area contributed by atoms with Crippen molar-refractivity contribution in [1.82, 2.24) is 15.5 Å². The minimum absolute atomic E-state index is 0.244. The van der Waals surface area contributed by atoms with E-state index in [9.17, 15) is 4.39 Å². The molecule has 2 N–H and O–H groups in total. The highest BCUT2D eigenvalue weighted by atomic mass is 19.1. The lowest BCUT2D eigenvalue weighted by Crippen LogP contribution is -2.42. The van der Waals surface area contributed by atoms with E-state index < -0.39 is 0 Å². The summed E-state index contributed by atoms with van der Waals surface area (Å²) in [5.74, 6) is 1.31. The number of rotatable bonds is 5. The van der Waals surface area contributed by atoms with Gasteiger partial charge in [-0.2, -0.15) is 0 Å². The van der Waals surface area contributed by atoms with Gasteiger partial charge in [-0.15, -0.1) is 0 Å². The minimum atomic E-state index is -0.244. The fourth-order valence-corrected chi connectivity index (χ4v) is 3.31. The zero-order valence-corrected chi connectivity index (χ0v) is 15.1. The maximum Gasteiger partial charge on any atom is 0.191 e. The van der Waals surface area contributed by atoms with Gasteiger partial charge < -0.3 is 20.0 Å². The van der Waals surface area contributed by atoms with E-state index in [2.05, 4.69) is 20.5 Å². The molecule has 1 aliphatic rings. The van der Waals surface area contributed by atoms with E-state index in [0.29, 0.717) is 12.1 Å². The van der Waals surface area contributed by atoms with Crippen LogP contribution in [0.15, 0.2) is 27.6 Å². The smallest absolute Gasteiger partial charge is 0.191 e. The molecule has 1 aromatic carbocycles. The Hall–Kier alpha value is -2.08. The summed E-state index contributed by atoms with van der Waals surface area (Å²) >= 11 is 0. The van der Waals surface area contributed by atoms with E-state index in [1.807, 2.05) is 6.92 Å². The maximum atomic E-state index is 13.4. The van der Waals surface area contributed by atoms with Crippen LogP contribution < -0.4 is 10.6 Å². The fraction of sp³-hybridized carbons (Fsp3) is 0.526. The van der Waals surface area contributed by atoms with Crippen LogP contribution in [0.2, 0.25) is 0 Å². The van der Waals surface area contributed by atoms with Crippen LogP contribution in [0, 0.1) is 12.7 Å². The Bertz CT molecular complexity index is 734. The molecule has 1 aromatic heterocycles. The lowest BCUT2D eigenvalue weighted by molar-refractivity contribution is 0.232. The Morgan fingerprint density at radius 2 is 2.04 bits per heavy atom. The topological polar surface area (TPSA) is 52.8 Å². The molecule has 0 amide bonds. The number of hydrogen-bond donors (Lipinski definition) is 2. The van der Waals surface area contributed by atoms with Crippen molar-refractivity contribution in [2.45, 2.75) is 32.7 Å². The second-order valence-electron chi connectivity index (χ2n) is 6.55. The number of likely N-dealkylation sites (tertiary alicyclic amines) is 1. The molecular formula is C19H27FN4O. The molecule has 0 atom stereocenters. The van der Waals surface area contributed by atoms with Crippen molar-refractivity contribution in [2.75, 3.05) is 33.2 Å². The van der Waals surface area contributed by atoms with E-state index in [1.165, 1.54) is 44.5 Å². The number of benzene rings is 1. The first kappa shape index (κ1) is 17.7. The molecule has 5 nitrogen and oxygen atoms in total. The molecule has 0 aliphatic carbocycles. The van der Waals surface area contributed by atoms with Crippen LogP contribution in [0.25, 0.3) is 11.0 Å². The van der Waals surface area contributed by atoms with Crippen molar-refractivity contribution in [3.63, 3.8) is 0 Å². The van der Waals surface area contributed by atoms with Crippen LogP contribution in [0.1, 0.15) is 30.6 Å². The van der Waals surface area contributed by atoms with Crippen LogP contribution >= 0.6 is 0 Å². The second-order valence-corrected chi connectivity index (χ2v) is 6.55. The van der Waals surface area contributed by atoms with Gasteiger partial charge in [-0.1, -0.05) is 6.42 Å². The van der Waals surface area contributed by atoms with Crippen molar-refractivity contribution in [2.24, 2.45) is 4.99 Å². The summed E-state index contributed by atoms with van der Waals surface area (Å²) in [5.41, 5.74) is 1.68. The first-order chi connectivity index (χ1) is 12.2. The predicted molar refractivity (Wildman–Crippen MR) is 99.4 cm³/mol. The molecule has 6 heteroatoms. The molecule has 1 aliphatic heterocycles. The van der Waals surface area contributed by atoms with Gasteiger partial charge in [0.2, 0.25) is 0 Å². The molecule has 2 heterocycles. The highest BCUT2D eigenvalue weighted by Gasteiger charge is 2.12. The van der Waals surface area contributed by atoms with Crippen LogP contribution in [0.4, 0.5) is 4.39 Å². The van der Waals surface area contributed by atoms with Crippen LogP contribution in [-0.4, -0.2) is 44.1 Å². The molecule has 0 spiro atoms. The Morgan fingerprint density at radius 1 is 1.24 bits per heavy atom. The SMILES string of the molecule is CN=C(NCCN1CCCCC1)NCc1oc2ccc(F)cc2c1C. The summed E-state index contributed by atoms with van der Waals surface area (Å²) in [4.78, 5) is 6.75. The first-order valence-electron chi connectivity index (χ1n) is 9.02. The molecule has 2 aromatic rings. The minimum Gasteiger partial charge on any atom is -0.459 e. The summed E-state index contributed by atoms with van der Waals surface area (Å²) in [6, 6.07) is 4.61. The average molecular weight is 346 g/mol. The number of fused-ring (bicyclic) bond motifs is 1. The highest BCUT2D eigenvalue weighted by Crippen LogP contribution is 2.25. The largest absolute Gasteiger partial charge is 0.459 e. The molecule has 3 rings (SSSR count). The van der Waals surface area contributed by atoms with Crippen molar-refractivity contribution in [3.8, 4) is 0 Å². The molecule has 1 saturated heterocycles. The number of aliphatic imine (C=N–C) groups is 1. The van der Waals surface area contributed by atoms with E-state index in [1.54, 1.807) is 13.1 Å². The number of aryl methyl sites for hydroxylation is 1. The maximum absolute atomic E-state index is 13.4. The van der Waals surface area contributed by atoms with E-state index in [-0.39, 0.29) is 5.82 Å². The lowest BCUT2D eigenvalue weighted by Gasteiger charge is -2.26. The van der Waals surface area contributed by atoms with Gasteiger partial charge >= 0.3 is 0 Å². The zero-order chi connectivity index (χ0) is 17.6. The third-order valence-electron chi connectivity index (χ3n) is 4.81. The summed E-state index contributed by atoms with van der Waals surface area (Å²) in [6.45, 7) is 6.76. The standard InChI is InChI=1S/C19H27FN4O/c1-14-16-12-15(20)6-7-17(16)25-18(14)13-23-19(21-2)22-8-11-24-9-4-3-5-10-24/h6-7,12H,3-5,8-11,13H2,1-2H3,(H2,21,22,23). The summed E-state index contributed by atoms with van der Waals surface area (Å²) < 4.78 is 19.2. The molecule has 0 saturated carbocycles. The van der Waals surface area contributed by atoms with E-state index in [0.717, 1.165) is 35.8 Å². The summed E-state index contributed by atoms with van der Waals surface area (Å²) in [7, 11) is 1.76. The van der Waals surface area contributed by atoms with Gasteiger partial charge in [0, 0.05) is 31.1 Å². The second kappa shape index (κ2) is 8.34. The zero-order valence-electron chi connectivity index (χ0n) is 15.1. The van der Waals surface area contributed by atoms with Gasteiger partial charge in [0.25, 0.3) is 0 Å². The Balaban J connectivity index is 1.51. The summed E-state index contributed by atoms with van der Waals surface area (Å²) in [6.07, 6.45) is 3.96. The van der Waals surface area contributed by atoms with Crippen molar-refractivity contribution < 1.29 is 8.81 Å². The number of piperidine rings is 1. The molecule has 0 unspecified atom stereocenters. The number of halogens is 1. The van der Waals surface area contributed by atoms with Gasteiger partial charge in [-0.25, -0.2) is 4.39 Å². The quantitative estimate of drug-likeness (QED) is 0.645. The van der Waals surface area contributed by atoms with Gasteiger partial charge in [-0.3, -0.25) is 4.99 Å². The monoisotopic (exact) mass is 346 g/mol. The number of guanidine groups is 1. The number of nitrogens with zero attached hydrogens (tertiary/aromatic N) is 2. The predicted octanol–water partition coefficient (Wildman–Crippen LogP) is 3.03. The molecule has 136 valence electrons. The van der Waals surface area contributed by atoms with E-state index >= 15 is 0 Å². The normalized spacial score (nSPS) is 16.4. The Kier molecular flexibility index (Phi) is 5.91. The Labute approximate surface area is 148 Å². The molecular weight excluding hydrogens is 319 g/mol. The van der Waals surface area contributed by atoms with Gasteiger partial charge in [0.05, 0.1) is 6.54 Å². The molecule has 0 radical (unpaired) electrons. The number of nitrogens with one attached hydrogen (secondary N) is 2. The molecule has 0 bridgehead atoms. The third kappa shape index (κ3) is 4.51. The van der Waals surface area contributed by atoms with Crippen molar-refractivity contribution in [3.05, 3.63) is 35.3 Å². The third-order valence-corrected chi connectivity index (χ3v) is 4.81. The van der Waals surface area contributed by atoms with Crippen molar-refractivity contribution >= 4 is 16.9 Å². The summed E-state index contributed by atoms with van der Waals surface area (Å²) in [5, 5.41) is 7.44. The number of hydrogen-bond acceptors (Lipinski definition) is 3.